The first-order valence-electron chi connectivity index (χ1n) is 11.4. The quantitative estimate of drug-likeness (QED) is 0.371. The van der Waals surface area contributed by atoms with Gasteiger partial charge in [-0.1, -0.05) is 48.5 Å². The van der Waals surface area contributed by atoms with Crippen molar-refractivity contribution in [3.05, 3.63) is 101 Å². The van der Waals surface area contributed by atoms with Crippen LogP contribution in [0.2, 0.25) is 0 Å². The molecule has 1 aliphatic carbocycles. The summed E-state index contributed by atoms with van der Waals surface area (Å²) < 4.78 is 2.33. The third-order valence-corrected chi connectivity index (χ3v) is 6.46. The second kappa shape index (κ2) is 8.62. The number of fused-ring (bicyclic) bond motifs is 1. The molecule has 4 aromatic rings. The number of hydrogen-bond acceptors (Lipinski definition) is 2. The molecule has 0 bridgehead atoms. The van der Waals surface area contributed by atoms with E-state index in [1.807, 2.05) is 47.4 Å². The summed E-state index contributed by atoms with van der Waals surface area (Å²) in [6, 6.07) is 24.5. The molecular formula is C28H29N3O. The molecule has 0 spiro atoms. The molecule has 4 heteroatoms. The molecule has 1 aliphatic rings. The van der Waals surface area contributed by atoms with Crippen molar-refractivity contribution < 1.29 is 4.79 Å². The minimum absolute atomic E-state index is 0.0435. The third kappa shape index (κ3) is 4.31. The van der Waals surface area contributed by atoms with Crippen LogP contribution in [0, 0.1) is 19.8 Å². The summed E-state index contributed by atoms with van der Waals surface area (Å²) in [6.45, 7) is 6.16. The molecule has 0 saturated heterocycles. The average Bonchev–Trinajstić information content (AvgIpc) is 3.57. The number of hydrogen-bond donors (Lipinski definition) is 0. The first-order chi connectivity index (χ1) is 15.6. The average molecular weight is 424 g/mol. The zero-order chi connectivity index (χ0) is 22.1. The maximum Gasteiger partial charge on any atom is 0.254 e. The smallest absolute Gasteiger partial charge is 0.254 e. The van der Waals surface area contributed by atoms with Crippen molar-refractivity contribution in [1.29, 1.82) is 0 Å². The molecule has 32 heavy (non-hydrogen) atoms. The van der Waals surface area contributed by atoms with Gasteiger partial charge < -0.3 is 9.47 Å². The second-order valence-electron chi connectivity index (χ2n) is 9.02. The number of aromatic nitrogens is 2. The normalized spacial score (nSPS) is 13.4. The van der Waals surface area contributed by atoms with E-state index in [0.717, 1.165) is 46.0 Å². The molecular weight excluding hydrogens is 394 g/mol. The van der Waals surface area contributed by atoms with E-state index in [-0.39, 0.29) is 5.91 Å². The van der Waals surface area contributed by atoms with Gasteiger partial charge in [-0.2, -0.15) is 0 Å². The minimum atomic E-state index is 0.0435. The molecule has 0 atom stereocenters. The molecule has 1 saturated carbocycles. The van der Waals surface area contributed by atoms with E-state index in [9.17, 15) is 4.79 Å². The van der Waals surface area contributed by atoms with Gasteiger partial charge in [0.2, 0.25) is 0 Å². The Labute approximate surface area is 189 Å². The first-order valence-corrected chi connectivity index (χ1v) is 11.4. The van der Waals surface area contributed by atoms with Gasteiger partial charge in [0.05, 0.1) is 17.6 Å². The highest BCUT2D eigenvalue weighted by atomic mass is 16.2. The Bertz CT molecular complexity index is 1250. The lowest BCUT2D eigenvalue weighted by Gasteiger charge is -2.24. The number of benzene rings is 3. The molecule has 0 aliphatic heterocycles. The van der Waals surface area contributed by atoms with Crippen LogP contribution in [0.3, 0.4) is 0 Å². The molecule has 1 aromatic heterocycles. The van der Waals surface area contributed by atoms with Crippen LogP contribution in [0.1, 0.15) is 45.7 Å². The van der Waals surface area contributed by atoms with Gasteiger partial charge in [-0.3, -0.25) is 4.79 Å². The number of rotatable bonds is 7. The fraction of sp³-hybridized carbons (Fsp3) is 0.286. The molecule has 3 aromatic carbocycles. The summed E-state index contributed by atoms with van der Waals surface area (Å²) in [5.74, 6) is 1.73. The summed E-state index contributed by atoms with van der Waals surface area (Å²) in [7, 11) is 0. The van der Waals surface area contributed by atoms with E-state index in [0.29, 0.717) is 13.1 Å². The van der Waals surface area contributed by atoms with E-state index in [1.165, 1.54) is 18.4 Å². The van der Waals surface area contributed by atoms with Crippen LogP contribution >= 0.6 is 0 Å². The topological polar surface area (TPSA) is 38.1 Å². The van der Waals surface area contributed by atoms with Crippen LogP contribution in [0.4, 0.5) is 0 Å². The van der Waals surface area contributed by atoms with Gasteiger partial charge >= 0.3 is 0 Å². The molecule has 1 heterocycles. The second-order valence-corrected chi connectivity index (χ2v) is 9.02. The Hall–Kier alpha value is -3.40. The molecule has 4 nitrogen and oxygen atoms in total. The van der Waals surface area contributed by atoms with Gasteiger partial charge in [-0.15, -0.1) is 0 Å². The highest BCUT2D eigenvalue weighted by Gasteiger charge is 2.26. The van der Waals surface area contributed by atoms with E-state index < -0.39 is 0 Å². The lowest BCUT2D eigenvalue weighted by Crippen LogP contribution is -2.31. The zero-order valence-corrected chi connectivity index (χ0v) is 18.8. The summed E-state index contributed by atoms with van der Waals surface area (Å²) in [4.78, 5) is 20.6. The monoisotopic (exact) mass is 423 g/mol. The Morgan fingerprint density at radius 3 is 2.44 bits per heavy atom. The van der Waals surface area contributed by atoms with E-state index in [1.54, 1.807) is 0 Å². The van der Waals surface area contributed by atoms with Crippen molar-refractivity contribution in [2.45, 2.75) is 46.3 Å². The van der Waals surface area contributed by atoms with Gasteiger partial charge in [0.25, 0.3) is 5.91 Å². The predicted molar refractivity (Wildman–Crippen MR) is 128 cm³/mol. The zero-order valence-electron chi connectivity index (χ0n) is 18.8. The predicted octanol–water partition coefficient (Wildman–Crippen LogP) is 5.91. The van der Waals surface area contributed by atoms with E-state index >= 15 is 0 Å². The summed E-state index contributed by atoms with van der Waals surface area (Å²) in [5.41, 5.74) is 6.34. The maximum atomic E-state index is 13.7. The molecule has 0 radical (unpaired) electrons. The summed E-state index contributed by atoms with van der Waals surface area (Å²) in [6.07, 6.45) is 2.56. The standard InChI is InChI=1S/C28H29N3O/c1-20-12-15-24(16-21(20)2)28(32)30(17-22-8-4-3-5-9-22)19-27-29-25-10-6-7-11-26(25)31(27)18-23-13-14-23/h3-12,15-16,23H,13-14,17-19H2,1-2H3. The SMILES string of the molecule is Cc1ccc(C(=O)N(Cc2ccccc2)Cc2nc3ccccc3n2CC2CC2)cc1C. The number of aryl methyl sites for hydroxylation is 2. The third-order valence-electron chi connectivity index (χ3n) is 6.46. The van der Waals surface area contributed by atoms with Crippen LogP contribution in [0.15, 0.2) is 72.8 Å². The summed E-state index contributed by atoms with van der Waals surface area (Å²) >= 11 is 0. The van der Waals surface area contributed by atoms with E-state index in [4.69, 9.17) is 4.98 Å². The van der Waals surface area contributed by atoms with Crippen molar-refractivity contribution in [3.8, 4) is 0 Å². The summed E-state index contributed by atoms with van der Waals surface area (Å²) in [5, 5.41) is 0. The van der Waals surface area contributed by atoms with Gasteiger partial charge in [-0.05, 0) is 73.6 Å². The van der Waals surface area contributed by atoms with E-state index in [2.05, 4.69) is 48.7 Å². The molecule has 5 rings (SSSR count). The van der Waals surface area contributed by atoms with Gasteiger partial charge in [0.1, 0.15) is 5.82 Å². The van der Waals surface area contributed by atoms with Gasteiger partial charge in [-0.25, -0.2) is 4.98 Å². The van der Waals surface area contributed by atoms with Crippen molar-refractivity contribution in [1.82, 2.24) is 14.5 Å². The van der Waals surface area contributed by atoms with Crippen molar-refractivity contribution in [2.24, 2.45) is 5.92 Å². The van der Waals surface area contributed by atoms with Crippen LogP contribution in [-0.4, -0.2) is 20.4 Å². The lowest BCUT2D eigenvalue weighted by atomic mass is 10.1. The molecule has 1 fully saturated rings. The number of amides is 1. The number of carbonyl (C=O) groups is 1. The highest BCUT2D eigenvalue weighted by molar-refractivity contribution is 5.94. The lowest BCUT2D eigenvalue weighted by molar-refractivity contribution is 0.0723. The molecule has 162 valence electrons. The Morgan fingerprint density at radius 1 is 0.938 bits per heavy atom. The number of imidazole rings is 1. The van der Waals surface area contributed by atoms with Crippen LogP contribution in [0.5, 0.6) is 0 Å². The number of para-hydroxylation sites is 2. The largest absolute Gasteiger partial charge is 0.327 e. The number of nitrogens with zero attached hydrogens (tertiary/aromatic N) is 3. The Kier molecular flexibility index (Phi) is 5.52. The fourth-order valence-electron chi connectivity index (χ4n) is 4.24. The van der Waals surface area contributed by atoms with Crippen molar-refractivity contribution in [3.63, 3.8) is 0 Å². The number of carbonyl (C=O) groups excluding carboxylic acids is 1. The van der Waals surface area contributed by atoms with Crippen molar-refractivity contribution >= 4 is 16.9 Å². The molecule has 0 N–H and O–H groups in total. The highest BCUT2D eigenvalue weighted by Crippen LogP contribution is 2.33. The van der Waals surface area contributed by atoms with Gasteiger partial charge in [0, 0.05) is 18.7 Å². The van der Waals surface area contributed by atoms with Crippen LogP contribution in [-0.2, 0) is 19.6 Å². The fourth-order valence-corrected chi connectivity index (χ4v) is 4.24. The van der Waals surface area contributed by atoms with Crippen LogP contribution in [0.25, 0.3) is 11.0 Å². The Morgan fingerprint density at radius 2 is 1.69 bits per heavy atom. The Balaban J connectivity index is 1.52. The minimum Gasteiger partial charge on any atom is -0.327 e. The van der Waals surface area contributed by atoms with Crippen molar-refractivity contribution in [2.75, 3.05) is 0 Å². The maximum absolute atomic E-state index is 13.7. The van der Waals surface area contributed by atoms with Crippen LogP contribution < -0.4 is 0 Å². The molecule has 1 amide bonds. The first kappa shape index (κ1) is 20.5. The molecule has 0 unspecified atom stereocenters. The van der Waals surface area contributed by atoms with Gasteiger partial charge in [0.15, 0.2) is 0 Å².